The van der Waals surface area contributed by atoms with Crippen LogP contribution in [0.2, 0.25) is 0 Å². The molecule has 0 aliphatic carbocycles. The van der Waals surface area contributed by atoms with Crippen LogP contribution in [-0.4, -0.2) is 85.8 Å². The lowest BCUT2D eigenvalue weighted by atomic mass is 9.80. The van der Waals surface area contributed by atoms with Crippen molar-refractivity contribution in [3.8, 4) is 5.75 Å². The highest BCUT2D eigenvalue weighted by molar-refractivity contribution is 6.00. The summed E-state index contributed by atoms with van der Waals surface area (Å²) in [5.74, 6) is -1.11. The number of hydrogen-bond donors (Lipinski definition) is 1. The molecule has 4 rings (SSSR count). The van der Waals surface area contributed by atoms with E-state index in [0.717, 1.165) is 50.5 Å². The highest BCUT2D eigenvalue weighted by Gasteiger charge is 2.38. The molecule has 0 radical (unpaired) electrons. The van der Waals surface area contributed by atoms with Gasteiger partial charge in [0, 0.05) is 62.8 Å². The van der Waals surface area contributed by atoms with Gasteiger partial charge >= 0.3 is 11.9 Å². The largest absolute Gasteiger partial charge is 0.493 e. The summed E-state index contributed by atoms with van der Waals surface area (Å²) in [4.78, 5) is 42.3. The van der Waals surface area contributed by atoms with E-state index in [-0.39, 0.29) is 30.0 Å². The number of ether oxygens (including phenoxy) is 3. The smallest absolute Gasteiger partial charge is 0.336 e. The molecule has 236 valence electrons. The number of nitrogens with zero attached hydrogens (tertiary/aromatic N) is 3. The molecule has 44 heavy (non-hydrogen) atoms. The SMILES string of the molecule is CCOC(=O)C1=C(C)NC(C)=C(C(=O)OCCN2CCN(CCCOc3ccccc3C)CC2)C1c1cccc([N+](=O)[O-])c1. The maximum atomic E-state index is 13.5. The number of nitrogens with one attached hydrogen (secondary N) is 1. The molecule has 11 heteroatoms. The van der Waals surface area contributed by atoms with Crippen molar-refractivity contribution >= 4 is 17.6 Å². The summed E-state index contributed by atoms with van der Waals surface area (Å²) in [6, 6.07) is 14.0. The minimum Gasteiger partial charge on any atom is -0.493 e. The van der Waals surface area contributed by atoms with E-state index >= 15 is 0 Å². The van der Waals surface area contributed by atoms with Crippen LogP contribution in [0.1, 0.15) is 44.2 Å². The molecule has 2 aromatic rings. The van der Waals surface area contributed by atoms with E-state index in [0.29, 0.717) is 30.1 Å². The first-order valence-electron chi connectivity index (χ1n) is 15.1. The van der Waals surface area contributed by atoms with E-state index < -0.39 is 22.8 Å². The molecule has 2 heterocycles. The topological polar surface area (TPSA) is 123 Å². The third-order valence-corrected chi connectivity index (χ3v) is 7.97. The van der Waals surface area contributed by atoms with Gasteiger partial charge in [-0.05, 0) is 51.3 Å². The highest BCUT2D eigenvalue weighted by atomic mass is 16.6. The Morgan fingerprint density at radius 2 is 1.52 bits per heavy atom. The minimum absolute atomic E-state index is 0.134. The summed E-state index contributed by atoms with van der Waals surface area (Å²) < 4.78 is 17.0. The summed E-state index contributed by atoms with van der Waals surface area (Å²) in [7, 11) is 0. The minimum atomic E-state index is -0.874. The van der Waals surface area contributed by atoms with Crippen molar-refractivity contribution in [3.63, 3.8) is 0 Å². The summed E-state index contributed by atoms with van der Waals surface area (Å²) in [5, 5.41) is 14.6. The van der Waals surface area contributed by atoms with Gasteiger partial charge in [-0.3, -0.25) is 15.0 Å². The zero-order valence-corrected chi connectivity index (χ0v) is 26.0. The van der Waals surface area contributed by atoms with Crippen LogP contribution in [-0.2, 0) is 19.1 Å². The van der Waals surface area contributed by atoms with Crippen LogP contribution < -0.4 is 10.1 Å². The molecule has 1 fully saturated rings. The lowest BCUT2D eigenvalue weighted by Crippen LogP contribution is -2.47. The fourth-order valence-corrected chi connectivity index (χ4v) is 5.67. The molecule has 11 nitrogen and oxygen atoms in total. The number of para-hydroxylation sites is 1. The first-order chi connectivity index (χ1) is 21.2. The lowest BCUT2D eigenvalue weighted by Gasteiger charge is -2.34. The van der Waals surface area contributed by atoms with Gasteiger partial charge in [0.2, 0.25) is 0 Å². The summed E-state index contributed by atoms with van der Waals surface area (Å²) in [5.41, 5.74) is 2.95. The molecule has 1 saturated heterocycles. The summed E-state index contributed by atoms with van der Waals surface area (Å²) in [6.07, 6.45) is 0.946. The molecule has 0 spiro atoms. The van der Waals surface area contributed by atoms with Crippen LogP contribution in [0, 0.1) is 17.0 Å². The second-order valence-corrected chi connectivity index (χ2v) is 11.0. The van der Waals surface area contributed by atoms with E-state index in [1.165, 1.54) is 12.1 Å². The zero-order chi connectivity index (χ0) is 31.6. The van der Waals surface area contributed by atoms with Crippen molar-refractivity contribution in [1.82, 2.24) is 15.1 Å². The Balaban J connectivity index is 1.32. The van der Waals surface area contributed by atoms with Gasteiger partial charge in [-0.25, -0.2) is 9.59 Å². The maximum absolute atomic E-state index is 13.5. The normalized spacial score (nSPS) is 17.7. The van der Waals surface area contributed by atoms with Gasteiger partial charge in [-0.1, -0.05) is 30.3 Å². The number of aryl methyl sites for hydroxylation is 1. The zero-order valence-electron chi connectivity index (χ0n) is 26.0. The van der Waals surface area contributed by atoms with E-state index in [4.69, 9.17) is 14.2 Å². The molecular formula is C33H42N4O7. The van der Waals surface area contributed by atoms with Crippen LogP contribution in [0.15, 0.2) is 71.1 Å². The van der Waals surface area contributed by atoms with Crippen LogP contribution in [0.25, 0.3) is 0 Å². The van der Waals surface area contributed by atoms with Gasteiger partial charge in [0.15, 0.2) is 0 Å². The van der Waals surface area contributed by atoms with Crippen LogP contribution >= 0.6 is 0 Å². The molecule has 2 aliphatic rings. The fourth-order valence-electron chi connectivity index (χ4n) is 5.67. The van der Waals surface area contributed by atoms with E-state index in [1.807, 2.05) is 31.2 Å². The quantitative estimate of drug-likeness (QED) is 0.153. The first kappa shape index (κ1) is 32.7. The Morgan fingerprint density at radius 3 is 2.16 bits per heavy atom. The lowest BCUT2D eigenvalue weighted by molar-refractivity contribution is -0.384. The third kappa shape index (κ3) is 8.23. The van der Waals surface area contributed by atoms with E-state index in [1.54, 1.807) is 32.9 Å². The number of dihydropyridines is 1. The van der Waals surface area contributed by atoms with E-state index in [9.17, 15) is 19.7 Å². The second kappa shape index (κ2) is 15.5. The van der Waals surface area contributed by atoms with Crippen LogP contribution in [0.5, 0.6) is 5.75 Å². The van der Waals surface area contributed by atoms with E-state index in [2.05, 4.69) is 15.1 Å². The number of benzene rings is 2. The van der Waals surface area contributed by atoms with Gasteiger partial charge in [-0.15, -0.1) is 0 Å². The van der Waals surface area contributed by atoms with Crippen molar-refractivity contribution in [3.05, 3.63) is 92.3 Å². The van der Waals surface area contributed by atoms with Crippen molar-refractivity contribution in [2.24, 2.45) is 0 Å². The van der Waals surface area contributed by atoms with Crippen molar-refractivity contribution in [2.75, 3.05) is 59.1 Å². The predicted octanol–water partition coefficient (Wildman–Crippen LogP) is 4.33. The van der Waals surface area contributed by atoms with Gasteiger partial charge in [0.05, 0.1) is 35.2 Å². The Bertz CT molecular complexity index is 1410. The maximum Gasteiger partial charge on any atom is 0.336 e. The number of nitro benzene ring substituents is 1. The van der Waals surface area contributed by atoms with Crippen molar-refractivity contribution < 1.29 is 28.7 Å². The number of hydrogen-bond acceptors (Lipinski definition) is 10. The number of non-ortho nitro benzene ring substituents is 1. The Morgan fingerprint density at radius 1 is 0.886 bits per heavy atom. The fraction of sp³-hybridized carbons (Fsp3) is 0.455. The Hall–Kier alpha value is -4.22. The Kier molecular flexibility index (Phi) is 11.5. The number of carbonyl (C=O) groups is 2. The predicted molar refractivity (Wildman–Crippen MR) is 166 cm³/mol. The van der Waals surface area contributed by atoms with Crippen LogP contribution in [0.3, 0.4) is 0 Å². The molecule has 2 aliphatic heterocycles. The molecule has 0 amide bonds. The second-order valence-electron chi connectivity index (χ2n) is 11.0. The number of allylic oxidation sites excluding steroid dienone is 2. The van der Waals surface area contributed by atoms with Crippen LogP contribution in [0.4, 0.5) is 5.69 Å². The molecular weight excluding hydrogens is 564 g/mol. The number of esters is 2. The number of rotatable bonds is 13. The number of nitro groups is 1. The van der Waals surface area contributed by atoms with Crippen molar-refractivity contribution in [2.45, 2.75) is 40.0 Å². The molecule has 1 N–H and O–H groups in total. The number of carbonyl (C=O) groups excluding carboxylic acids is 2. The average Bonchev–Trinajstić information content (AvgIpc) is 3.00. The first-order valence-corrected chi connectivity index (χ1v) is 15.1. The molecule has 1 unspecified atom stereocenters. The standard InChI is InChI=1S/C33H42N4O7/c1-5-42-32(38)29-24(3)34-25(4)30(31(29)26-11-8-12-27(22-26)37(40)41)33(39)44-21-19-36-17-15-35(16-18-36)14-9-20-43-28-13-7-6-10-23(28)2/h6-8,10-13,22,31,34H,5,9,14-21H2,1-4H3. The van der Waals surface area contributed by atoms with Gasteiger partial charge in [0.25, 0.3) is 5.69 Å². The van der Waals surface area contributed by atoms with Crippen molar-refractivity contribution in [1.29, 1.82) is 0 Å². The molecule has 2 aromatic carbocycles. The molecule has 0 aromatic heterocycles. The average molecular weight is 607 g/mol. The van der Waals surface area contributed by atoms with Gasteiger partial charge in [-0.2, -0.15) is 0 Å². The molecule has 0 bridgehead atoms. The van der Waals surface area contributed by atoms with Gasteiger partial charge in [0.1, 0.15) is 12.4 Å². The number of piperazine rings is 1. The highest BCUT2D eigenvalue weighted by Crippen LogP contribution is 2.40. The summed E-state index contributed by atoms with van der Waals surface area (Å²) >= 11 is 0. The van der Waals surface area contributed by atoms with Gasteiger partial charge < -0.3 is 24.4 Å². The summed E-state index contributed by atoms with van der Waals surface area (Å²) in [6.45, 7) is 13.3. The third-order valence-electron chi connectivity index (χ3n) is 7.97. The Labute approximate surface area is 258 Å². The molecule has 0 saturated carbocycles. The monoisotopic (exact) mass is 606 g/mol. The molecule has 1 atom stereocenters.